The monoisotopic (exact) mass is 286 g/mol. The third-order valence-electron chi connectivity index (χ3n) is 5.12. The zero-order valence-electron chi connectivity index (χ0n) is 13.1. The summed E-state index contributed by atoms with van der Waals surface area (Å²) in [7, 11) is 0. The van der Waals surface area contributed by atoms with E-state index in [1.807, 2.05) is 13.1 Å². The number of aromatic nitrogens is 1. The summed E-state index contributed by atoms with van der Waals surface area (Å²) >= 11 is 0. The Kier molecular flexibility index (Phi) is 4.57. The summed E-state index contributed by atoms with van der Waals surface area (Å²) in [6, 6.07) is 4.32. The quantitative estimate of drug-likeness (QED) is 0.853. The van der Waals surface area contributed by atoms with E-state index in [0.29, 0.717) is 11.8 Å². The molecule has 0 bridgehead atoms. The zero-order valence-corrected chi connectivity index (χ0v) is 13.1. The Morgan fingerprint density at radius 2 is 1.95 bits per heavy atom. The van der Waals surface area contributed by atoms with Crippen molar-refractivity contribution in [1.29, 1.82) is 0 Å². The third kappa shape index (κ3) is 3.63. The van der Waals surface area contributed by atoms with Crippen molar-refractivity contribution >= 4 is 5.91 Å². The molecule has 3 heteroatoms. The molecule has 0 radical (unpaired) electrons. The lowest BCUT2D eigenvalue weighted by molar-refractivity contribution is -0.136. The van der Waals surface area contributed by atoms with Gasteiger partial charge in [-0.2, -0.15) is 0 Å². The lowest BCUT2D eigenvalue weighted by atomic mass is 9.89. The second-order valence-electron chi connectivity index (χ2n) is 6.76. The fourth-order valence-electron chi connectivity index (χ4n) is 3.85. The van der Waals surface area contributed by atoms with E-state index < -0.39 is 0 Å². The molecule has 0 spiro atoms. The first-order chi connectivity index (χ1) is 10.2. The normalized spacial score (nSPS) is 20.9. The van der Waals surface area contributed by atoms with E-state index in [0.717, 1.165) is 56.8 Å². The van der Waals surface area contributed by atoms with E-state index in [-0.39, 0.29) is 0 Å². The third-order valence-corrected chi connectivity index (χ3v) is 5.12. The summed E-state index contributed by atoms with van der Waals surface area (Å²) in [4.78, 5) is 18.8. The lowest BCUT2D eigenvalue weighted by Gasteiger charge is -2.33. The van der Waals surface area contributed by atoms with Crippen LogP contribution in [0.2, 0.25) is 0 Å². The molecule has 0 unspecified atom stereocenters. The van der Waals surface area contributed by atoms with Crippen LogP contribution in [0.4, 0.5) is 0 Å². The second-order valence-corrected chi connectivity index (χ2v) is 6.76. The van der Waals surface area contributed by atoms with Crippen LogP contribution >= 0.6 is 0 Å². The highest BCUT2D eigenvalue weighted by molar-refractivity contribution is 5.79. The largest absolute Gasteiger partial charge is 0.342 e. The summed E-state index contributed by atoms with van der Waals surface area (Å²) in [5.74, 6) is 1.49. The predicted molar refractivity (Wildman–Crippen MR) is 83.9 cm³/mol. The first kappa shape index (κ1) is 14.6. The number of rotatable bonds is 3. The van der Waals surface area contributed by atoms with Crippen molar-refractivity contribution in [2.75, 3.05) is 13.1 Å². The van der Waals surface area contributed by atoms with Crippen molar-refractivity contribution in [2.24, 2.45) is 11.8 Å². The predicted octanol–water partition coefficient (Wildman–Crippen LogP) is 3.36. The lowest BCUT2D eigenvalue weighted by Crippen LogP contribution is -2.41. The maximum absolute atomic E-state index is 12.4. The van der Waals surface area contributed by atoms with Gasteiger partial charge in [0.1, 0.15) is 0 Å². The number of carbonyl (C=O) groups excluding carboxylic acids is 1. The topological polar surface area (TPSA) is 33.2 Å². The molecule has 1 amide bonds. The molecule has 0 aromatic carbocycles. The van der Waals surface area contributed by atoms with Crippen LogP contribution in [0, 0.1) is 18.8 Å². The Bertz CT molecular complexity index is 486. The second kappa shape index (κ2) is 6.59. The molecule has 1 saturated carbocycles. The molecule has 3 nitrogen and oxygen atoms in total. The Morgan fingerprint density at radius 1 is 1.24 bits per heavy atom. The molecule has 2 heterocycles. The van der Waals surface area contributed by atoms with Gasteiger partial charge in [0.2, 0.25) is 5.91 Å². The molecular weight excluding hydrogens is 260 g/mol. The van der Waals surface area contributed by atoms with E-state index in [1.165, 1.54) is 18.4 Å². The maximum Gasteiger partial charge on any atom is 0.225 e. The highest BCUT2D eigenvalue weighted by Gasteiger charge is 2.29. The van der Waals surface area contributed by atoms with Gasteiger partial charge < -0.3 is 4.90 Å². The van der Waals surface area contributed by atoms with Gasteiger partial charge in [-0.1, -0.05) is 12.8 Å². The van der Waals surface area contributed by atoms with Gasteiger partial charge in [-0.05, 0) is 62.6 Å². The molecule has 114 valence electrons. The molecule has 0 atom stereocenters. The van der Waals surface area contributed by atoms with Gasteiger partial charge in [0, 0.05) is 30.9 Å². The Labute approximate surface area is 127 Å². The van der Waals surface area contributed by atoms with Crippen molar-refractivity contribution in [1.82, 2.24) is 9.88 Å². The van der Waals surface area contributed by atoms with Crippen LogP contribution in [-0.2, 0) is 11.2 Å². The van der Waals surface area contributed by atoms with Gasteiger partial charge in [-0.3, -0.25) is 9.78 Å². The van der Waals surface area contributed by atoms with Crippen LogP contribution in [0.5, 0.6) is 0 Å². The average Bonchev–Trinajstić information content (AvgIpc) is 3.01. The molecule has 3 rings (SSSR count). The highest BCUT2D eigenvalue weighted by atomic mass is 16.2. The molecule has 1 aliphatic heterocycles. The van der Waals surface area contributed by atoms with Gasteiger partial charge in [0.15, 0.2) is 0 Å². The summed E-state index contributed by atoms with van der Waals surface area (Å²) in [6.07, 6.45) is 10.1. The minimum Gasteiger partial charge on any atom is -0.342 e. The van der Waals surface area contributed by atoms with Crippen LogP contribution in [0.1, 0.15) is 49.8 Å². The van der Waals surface area contributed by atoms with Crippen molar-refractivity contribution < 1.29 is 4.79 Å². The zero-order chi connectivity index (χ0) is 14.7. The Hall–Kier alpha value is -1.38. The van der Waals surface area contributed by atoms with Crippen LogP contribution in [-0.4, -0.2) is 28.9 Å². The van der Waals surface area contributed by atoms with Crippen LogP contribution in [0.15, 0.2) is 18.3 Å². The van der Waals surface area contributed by atoms with Gasteiger partial charge >= 0.3 is 0 Å². The molecule has 1 saturated heterocycles. The summed E-state index contributed by atoms with van der Waals surface area (Å²) in [6.45, 7) is 3.97. The average molecular weight is 286 g/mol. The van der Waals surface area contributed by atoms with E-state index in [4.69, 9.17) is 0 Å². The number of pyridine rings is 1. The molecular formula is C18H26N2O. The van der Waals surface area contributed by atoms with E-state index in [9.17, 15) is 4.79 Å². The SMILES string of the molecule is Cc1cc(CC2CCN(C(=O)C3CCCC3)CC2)ccn1. The summed E-state index contributed by atoms with van der Waals surface area (Å²) in [5.41, 5.74) is 2.49. The van der Waals surface area contributed by atoms with Gasteiger partial charge in [0.25, 0.3) is 0 Å². The fraction of sp³-hybridized carbons (Fsp3) is 0.667. The molecule has 0 N–H and O–H groups in total. The minimum atomic E-state index is 0.337. The standard InChI is InChI=1S/C18H26N2O/c1-14-12-16(6-9-19-14)13-15-7-10-20(11-8-15)18(21)17-4-2-3-5-17/h6,9,12,15,17H,2-5,7-8,10-11,13H2,1H3. The number of nitrogens with zero attached hydrogens (tertiary/aromatic N) is 2. The number of carbonyl (C=O) groups is 1. The first-order valence-electron chi connectivity index (χ1n) is 8.42. The Morgan fingerprint density at radius 3 is 2.62 bits per heavy atom. The number of aryl methyl sites for hydroxylation is 1. The van der Waals surface area contributed by atoms with Crippen LogP contribution in [0.25, 0.3) is 0 Å². The number of piperidine rings is 1. The minimum absolute atomic E-state index is 0.337. The number of amides is 1. The molecule has 1 aromatic rings. The molecule has 1 aliphatic carbocycles. The van der Waals surface area contributed by atoms with Crippen molar-refractivity contribution in [3.05, 3.63) is 29.6 Å². The molecule has 1 aromatic heterocycles. The van der Waals surface area contributed by atoms with E-state index >= 15 is 0 Å². The van der Waals surface area contributed by atoms with Crippen molar-refractivity contribution in [2.45, 2.75) is 51.9 Å². The van der Waals surface area contributed by atoms with E-state index in [1.54, 1.807) is 0 Å². The summed E-state index contributed by atoms with van der Waals surface area (Å²) in [5, 5.41) is 0. The van der Waals surface area contributed by atoms with Crippen molar-refractivity contribution in [3.8, 4) is 0 Å². The number of likely N-dealkylation sites (tertiary alicyclic amines) is 1. The number of hydrogen-bond acceptors (Lipinski definition) is 2. The highest BCUT2D eigenvalue weighted by Crippen LogP contribution is 2.29. The van der Waals surface area contributed by atoms with E-state index in [2.05, 4.69) is 22.0 Å². The van der Waals surface area contributed by atoms with Crippen LogP contribution in [0.3, 0.4) is 0 Å². The molecule has 21 heavy (non-hydrogen) atoms. The molecule has 2 fully saturated rings. The number of hydrogen-bond donors (Lipinski definition) is 0. The first-order valence-corrected chi connectivity index (χ1v) is 8.42. The van der Waals surface area contributed by atoms with Crippen molar-refractivity contribution in [3.63, 3.8) is 0 Å². The molecule has 2 aliphatic rings. The fourth-order valence-corrected chi connectivity index (χ4v) is 3.85. The Balaban J connectivity index is 1.49. The van der Waals surface area contributed by atoms with Gasteiger partial charge in [-0.15, -0.1) is 0 Å². The van der Waals surface area contributed by atoms with Gasteiger partial charge in [0.05, 0.1) is 0 Å². The van der Waals surface area contributed by atoms with Crippen LogP contribution < -0.4 is 0 Å². The van der Waals surface area contributed by atoms with Gasteiger partial charge in [-0.25, -0.2) is 0 Å². The maximum atomic E-state index is 12.4. The summed E-state index contributed by atoms with van der Waals surface area (Å²) < 4.78 is 0. The smallest absolute Gasteiger partial charge is 0.225 e.